The van der Waals surface area contributed by atoms with E-state index in [9.17, 15) is 14.4 Å². The van der Waals surface area contributed by atoms with Gasteiger partial charge < -0.3 is 15.2 Å². The van der Waals surface area contributed by atoms with Crippen LogP contribution in [0.2, 0.25) is 0 Å². The first-order valence-electron chi connectivity index (χ1n) is 12.6. The number of carbonyl (C=O) groups is 3. The number of Topliss-reactive ketones (excluding diaryl/α,β-unsaturated/α-hetero) is 1. The molecule has 194 valence electrons. The predicted molar refractivity (Wildman–Crippen MR) is 150 cm³/mol. The molecule has 1 aliphatic heterocycles. The first kappa shape index (κ1) is 25.6. The normalized spacial score (nSPS) is 12.1. The Hall–Kier alpha value is -5.04. The molecule has 0 saturated carbocycles. The van der Waals surface area contributed by atoms with Crippen LogP contribution >= 0.6 is 0 Å². The minimum absolute atomic E-state index is 0.0223. The van der Waals surface area contributed by atoms with Crippen molar-refractivity contribution in [3.05, 3.63) is 108 Å². The minimum Gasteiger partial charge on any atom is -0.493 e. The van der Waals surface area contributed by atoms with Gasteiger partial charge in [-0.05, 0) is 64.7 Å². The summed E-state index contributed by atoms with van der Waals surface area (Å²) in [4.78, 5) is 41.2. The van der Waals surface area contributed by atoms with Crippen molar-refractivity contribution < 1.29 is 24.2 Å². The minimum atomic E-state index is -1.02. The highest BCUT2D eigenvalue weighted by Crippen LogP contribution is 2.29. The number of nitrogens with one attached hydrogen (secondary N) is 1. The van der Waals surface area contributed by atoms with Gasteiger partial charge in [-0.2, -0.15) is 0 Å². The summed E-state index contributed by atoms with van der Waals surface area (Å²) in [5, 5.41) is 11.8. The summed E-state index contributed by atoms with van der Waals surface area (Å²) in [5.74, 6) is -0.255. The van der Waals surface area contributed by atoms with Gasteiger partial charge in [0.05, 0.1) is 12.3 Å². The number of rotatable bonds is 9. The summed E-state index contributed by atoms with van der Waals surface area (Å²) >= 11 is 0. The van der Waals surface area contributed by atoms with Crippen LogP contribution in [-0.2, 0) is 16.0 Å². The molecule has 39 heavy (non-hydrogen) atoms. The van der Waals surface area contributed by atoms with Crippen LogP contribution in [0.5, 0.6) is 5.75 Å². The smallest absolute Gasteiger partial charge is 0.328 e. The molecule has 5 rings (SSSR count). The maximum absolute atomic E-state index is 12.8. The number of ketones is 1. The van der Waals surface area contributed by atoms with E-state index in [4.69, 9.17) is 9.84 Å². The van der Waals surface area contributed by atoms with E-state index in [1.54, 1.807) is 12.1 Å². The van der Waals surface area contributed by atoms with Crippen molar-refractivity contribution in [3.63, 3.8) is 0 Å². The van der Waals surface area contributed by atoms with Crippen molar-refractivity contribution in [1.82, 2.24) is 4.98 Å². The van der Waals surface area contributed by atoms with Gasteiger partial charge in [-0.3, -0.25) is 9.59 Å². The molecule has 4 aromatic rings. The Kier molecular flexibility index (Phi) is 7.59. The average Bonchev–Trinajstić information content (AvgIpc) is 3.43. The molecule has 2 heterocycles. The largest absolute Gasteiger partial charge is 0.493 e. The second kappa shape index (κ2) is 11.6. The van der Waals surface area contributed by atoms with Crippen LogP contribution in [0.25, 0.3) is 28.5 Å². The van der Waals surface area contributed by atoms with E-state index in [2.05, 4.69) is 10.3 Å². The van der Waals surface area contributed by atoms with Crippen LogP contribution in [0.15, 0.2) is 91.0 Å². The Morgan fingerprint density at radius 2 is 1.69 bits per heavy atom. The third-order valence-electron chi connectivity index (χ3n) is 6.39. The van der Waals surface area contributed by atoms with Gasteiger partial charge in [0.1, 0.15) is 11.6 Å². The molecular formula is C32H26N2O5. The van der Waals surface area contributed by atoms with E-state index >= 15 is 0 Å². The van der Waals surface area contributed by atoms with Crippen molar-refractivity contribution in [2.45, 2.75) is 19.3 Å². The fourth-order valence-electron chi connectivity index (χ4n) is 4.44. The molecule has 2 N–H and O–H groups in total. The number of amides is 1. The number of aliphatic carboxylic acids is 1. The average molecular weight is 519 g/mol. The molecule has 1 aliphatic rings. The fourth-order valence-corrected chi connectivity index (χ4v) is 4.44. The molecule has 0 atom stereocenters. The van der Waals surface area contributed by atoms with Crippen LogP contribution in [0.1, 0.15) is 34.3 Å². The Bertz CT molecular complexity index is 1580. The molecule has 7 nitrogen and oxygen atoms in total. The molecule has 3 aromatic carbocycles. The number of fused-ring (bicyclic) bond motifs is 1. The lowest BCUT2D eigenvalue weighted by Gasteiger charge is -2.11. The maximum Gasteiger partial charge on any atom is 0.328 e. The van der Waals surface area contributed by atoms with Crippen LogP contribution < -0.4 is 10.1 Å². The molecule has 0 bridgehead atoms. The lowest BCUT2D eigenvalue weighted by Crippen LogP contribution is -2.14. The molecule has 0 aliphatic carbocycles. The van der Waals surface area contributed by atoms with E-state index in [1.807, 2.05) is 72.8 Å². The van der Waals surface area contributed by atoms with Crippen LogP contribution in [0.3, 0.4) is 0 Å². The van der Waals surface area contributed by atoms with Gasteiger partial charge in [0, 0.05) is 36.5 Å². The number of hydrogen-bond acceptors (Lipinski definition) is 5. The standard InChI is InChI=1S/C32H26N2O5/c35-28(24-10-12-29-25(18-24)15-16-39-29)11-13-31(36)34-30-20-26(19-27(33-30)22-6-2-1-3-7-22)23-8-4-5-21(17-23)9-14-32(37)38/h1-10,12,14,17-20H,11,13,15-16H2,(H,37,38)(H,33,34,36). The van der Waals surface area contributed by atoms with Gasteiger partial charge in [-0.1, -0.05) is 48.5 Å². The highest BCUT2D eigenvalue weighted by Gasteiger charge is 2.16. The summed E-state index contributed by atoms with van der Waals surface area (Å²) in [7, 11) is 0. The van der Waals surface area contributed by atoms with Crippen LogP contribution in [0.4, 0.5) is 5.82 Å². The van der Waals surface area contributed by atoms with E-state index in [-0.39, 0.29) is 24.5 Å². The van der Waals surface area contributed by atoms with Crippen molar-refractivity contribution in [2.24, 2.45) is 0 Å². The van der Waals surface area contributed by atoms with Gasteiger partial charge in [0.2, 0.25) is 5.91 Å². The van der Waals surface area contributed by atoms with Gasteiger partial charge in [0.25, 0.3) is 0 Å². The highest BCUT2D eigenvalue weighted by molar-refractivity contribution is 6.00. The predicted octanol–water partition coefficient (Wildman–Crippen LogP) is 6.05. The number of ether oxygens (including phenoxy) is 1. The van der Waals surface area contributed by atoms with Gasteiger partial charge >= 0.3 is 5.97 Å². The first-order chi connectivity index (χ1) is 18.9. The lowest BCUT2D eigenvalue weighted by atomic mass is 10.0. The molecular weight excluding hydrogens is 492 g/mol. The zero-order valence-electron chi connectivity index (χ0n) is 21.1. The van der Waals surface area contributed by atoms with Crippen LogP contribution in [-0.4, -0.2) is 34.4 Å². The first-order valence-corrected chi connectivity index (χ1v) is 12.6. The summed E-state index contributed by atoms with van der Waals surface area (Å²) in [6, 6.07) is 26.1. The van der Waals surface area contributed by atoms with Gasteiger partial charge in [0.15, 0.2) is 5.78 Å². The quantitative estimate of drug-likeness (QED) is 0.206. The van der Waals surface area contributed by atoms with Crippen molar-refractivity contribution in [3.8, 4) is 28.1 Å². The Morgan fingerprint density at radius 1 is 0.872 bits per heavy atom. The molecule has 7 heteroatoms. The molecule has 0 radical (unpaired) electrons. The summed E-state index contributed by atoms with van der Waals surface area (Å²) in [6.45, 7) is 0.621. The van der Waals surface area contributed by atoms with Crippen molar-refractivity contribution >= 4 is 29.6 Å². The molecule has 0 saturated heterocycles. The molecule has 0 spiro atoms. The van der Waals surface area contributed by atoms with E-state index < -0.39 is 5.97 Å². The third-order valence-corrected chi connectivity index (χ3v) is 6.39. The number of carboxylic acid groups (broad SMARTS) is 1. The SMILES string of the molecule is O=C(O)C=Cc1cccc(-c2cc(NC(=O)CCC(=O)c3ccc4c(c3)CCO4)nc(-c3ccccc3)c2)c1. The van der Waals surface area contributed by atoms with Crippen LogP contribution in [0, 0.1) is 0 Å². The summed E-state index contributed by atoms with van der Waals surface area (Å²) in [5.41, 5.74) is 5.53. The molecule has 0 unspecified atom stereocenters. The number of hydrogen-bond donors (Lipinski definition) is 2. The van der Waals surface area contributed by atoms with Crippen molar-refractivity contribution in [2.75, 3.05) is 11.9 Å². The zero-order chi connectivity index (χ0) is 27.2. The zero-order valence-corrected chi connectivity index (χ0v) is 21.1. The monoisotopic (exact) mass is 518 g/mol. The number of pyridine rings is 1. The second-order valence-electron chi connectivity index (χ2n) is 9.18. The Labute approximate surface area is 225 Å². The number of nitrogens with zero attached hydrogens (tertiary/aromatic N) is 1. The van der Waals surface area contributed by atoms with E-state index in [1.165, 1.54) is 6.08 Å². The number of carbonyl (C=O) groups excluding carboxylic acids is 2. The maximum atomic E-state index is 12.8. The summed E-state index contributed by atoms with van der Waals surface area (Å²) in [6.07, 6.45) is 3.49. The Balaban J connectivity index is 1.35. The number of benzene rings is 3. The molecule has 1 amide bonds. The van der Waals surface area contributed by atoms with Gasteiger partial charge in [-0.15, -0.1) is 0 Å². The van der Waals surface area contributed by atoms with E-state index in [0.29, 0.717) is 23.7 Å². The van der Waals surface area contributed by atoms with Gasteiger partial charge in [-0.25, -0.2) is 9.78 Å². The summed E-state index contributed by atoms with van der Waals surface area (Å²) < 4.78 is 5.50. The lowest BCUT2D eigenvalue weighted by molar-refractivity contribution is -0.131. The fraction of sp³-hybridized carbons (Fsp3) is 0.125. The number of aromatic nitrogens is 1. The second-order valence-corrected chi connectivity index (χ2v) is 9.18. The van der Waals surface area contributed by atoms with E-state index in [0.717, 1.165) is 46.1 Å². The third kappa shape index (κ3) is 6.45. The topological polar surface area (TPSA) is 106 Å². The number of anilines is 1. The van der Waals surface area contributed by atoms with Crippen molar-refractivity contribution in [1.29, 1.82) is 0 Å². The Morgan fingerprint density at radius 3 is 2.51 bits per heavy atom. The highest BCUT2D eigenvalue weighted by atomic mass is 16.5. The molecule has 0 fully saturated rings. The number of carboxylic acids is 1. The molecule has 1 aromatic heterocycles.